The number of hydrogen-bond donors (Lipinski definition) is 7. The van der Waals surface area contributed by atoms with Gasteiger partial charge in [-0.15, -0.1) is 0 Å². The van der Waals surface area contributed by atoms with E-state index >= 15 is 0 Å². The molecule has 0 saturated carbocycles. The summed E-state index contributed by atoms with van der Waals surface area (Å²) in [4.78, 5) is 56.9. The van der Waals surface area contributed by atoms with Crippen LogP contribution in [0.25, 0.3) is 0 Å². The largest absolute Gasteiger partial charge is 0.481 e. The van der Waals surface area contributed by atoms with E-state index in [1.807, 2.05) is 0 Å². The summed E-state index contributed by atoms with van der Waals surface area (Å²) in [5, 5.41) is 46.1. The average molecular weight is 378 g/mol. The molecule has 0 amide bonds. The summed E-state index contributed by atoms with van der Waals surface area (Å²) in [6, 6.07) is 0. The molecule has 0 saturated heterocycles. The van der Waals surface area contributed by atoms with Crippen LogP contribution in [0.2, 0.25) is 0 Å². The predicted octanol–water partition coefficient (Wildman–Crippen LogP) is -1.38. The lowest BCUT2D eigenvalue weighted by atomic mass is 9.55. The number of nitrogens with two attached hydrogens (primary N) is 2. The molecule has 9 N–H and O–H groups in total. The molecule has 2 atom stereocenters. The van der Waals surface area contributed by atoms with Crippen LogP contribution in [0.5, 0.6) is 0 Å². The molecule has 0 spiro atoms. The van der Waals surface area contributed by atoms with Crippen molar-refractivity contribution in [3.05, 3.63) is 0 Å². The number of aliphatic carboxylic acids is 5. The van der Waals surface area contributed by atoms with Gasteiger partial charge in [-0.2, -0.15) is 0 Å². The van der Waals surface area contributed by atoms with Gasteiger partial charge >= 0.3 is 29.8 Å². The van der Waals surface area contributed by atoms with Gasteiger partial charge < -0.3 is 37.0 Å². The summed E-state index contributed by atoms with van der Waals surface area (Å²) in [5.74, 6) is -9.84. The van der Waals surface area contributed by atoms with E-state index in [0.717, 1.165) is 0 Å². The van der Waals surface area contributed by atoms with Crippen LogP contribution < -0.4 is 11.5 Å². The maximum atomic E-state index is 11.8. The van der Waals surface area contributed by atoms with Crippen molar-refractivity contribution < 1.29 is 49.5 Å². The molecule has 0 heterocycles. The van der Waals surface area contributed by atoms with Crippen LogP contribution in [-0.4, -0.2) is 67.5 Å². The SMILES string of the molecule is NCCC(CC(=O)O)C(CC(=O)O)(CC(=O)O)C(N)(CC(=O)O)C(=O)O. The third kappa shape index (κ3) is 5.39. The minimum absolute atomic E-state index is 0.221. The number of rotatable bonds is 13. The fourth-order valence-corrected chi connectivity index (χ4v) is 3.26. The smallest absolute Gasteiger partial charge is 0.324 e. The van der Waals surface area contributed by atoms with Gasteiger partial charge in [-0.05, 0) is 18.9 Å². The molecular formula is C14H22N2O10. The number of carboxylic acids is 5. The highest BCUT2D eigenvalue weighted by atomic mass is 16.4. The molecule has 0 aliphatic heterocycles. The van der Waals surface area contributed by atoms with Gasteiger partial charge in [-0.3, -0.25) is 24.0 Å². The molecule has 0 rings (SSSR count). The summed E-state index contributed by atoms with van der Waals surface area (Å²) < 4.78 is 0. The van der Waals surface area contributed by atoms with Gasteiger partial charge in [0.2, 0.25) is 0 Å². The van der Waals surface area contributed by atoms with E-state index in [1.165, 1.54) is 0 Å². The van der Waals surface area contributed by atoms with Gasteiger partial charge in [0.1, 0.15) is 5.54 Å². The lowest BCUT2D eigenvalue weighted by molar-refractivity contribution is -0.168. The molecular weight excluding hydrogens is 356 g/mol. The van der Waals surface area contributed by atoms with Crippen molar-refractivity contribution in [3.63, 3.8) is 0 Å². The van der Waals surface area contributed by atoms with Crippen molar-refractivity contribution >= 4 is 29.8 Å². The second kappa shape index (κ2) is 9.10. The maximum absolute atomic E-state index is 11.8. The molecule has 0 aliphatic carbocycles. The molecule has 2 unspecified atom stereocenters. The maximum Gasteiger partial charge on any atom is 0.324 e. The van der Waals surface area contributed by atoms with Crippen LogP contribution in [-0.2, 0) is 24.0 Å². The molecule has 0 aromatic rings. The molecule has 26 heavy (non-hydrogen) atoms. The Kier molecular flexibility index (Phi) is 8.15. The van der Waals surface area contributed by atoms with Crippen molar-refractivity contribution in [3.8, 4) is 0 Å². The Morgan fingerprint density at radius 3 is 1.46 bits per heavy atom. The Balaban J connectivity index is 6.77. The minimum atomic E-state index is -2.86. The van der Waals surface area contributed by atoms with Gasteiger partial charge in [0, 0.05) is 11.8 Å². The van der Waals surface area contributed by atoms with Crippen LogP contribution in [0.4, 0.5) is 0 Å². The highest BCUT2D eigenvalue weighted by Gasteiger charge is 2.61. The van der Waals surface area contributed by atoms with Gasteiger partial charge in [0.05, 0.1) is 19.3 Å². The molecule has 0 radical (unpaired) electrons. The van der Waals surface area contributed by atoms with Crippen LogP contribution >= 0.6 is 0 Å². The zero-order valence-corrected chi connectivity index (χ0v) is 13.8. The van der Waals surface area contributed by atoms with Crippen LogP contribution in [0.1, 0.15) is 32.1 Å². The zero-order chi connectivity index (χ0) is 20.7. The Morgan fingerprint density at radius 2 is 1.19 bits per heavy atom. The molecule has 148 valence electrons. The van der Waals surface area contributed by atoms with Crippen LogP contribution in [0.3, 0.4) is 0 Å². The highest BCUT2D eigenvalue weighted by Crippen LogP contribution is 2.49. The summed E-state index contributed by atoms with van der Waals surface area (Å²) in [6.45, 7) is -0.221. The van der Waals surface area contributed by atoms with Gasteiger partial charge in [0.25, 0.3) is 0 Å². The fraction of sp³-hybridized carbons (Fsp3) is 0.643. The summed E-state index contributed by atoms with van der Waals surface area (Å²) in [6.07, 6.45) is -4.72. The Morgan fingerprint density at radius 1 is 0.769 bits per heavy atom. The average Bonchev–Trinajstić information content (AvgIpc) is 2.43. The Bertz CT molecular complexity index is 574. The zero-order valence-electron chi connectivity index (χ0n) is 13.8. The number of carboxylic acid groups (broad SMARTS) is 5. The normalized spacial score (nSPS) is 14.8. The van der Waals surface area contributed by atoms with Crippen molar-refractivity contribution in [2.45, 2.75) is 37.6 Å². The van der Waals surface area contributed by atoms with E-state index < -0.39 is 72.4 Å². The molecule has 0 aromatic heterocycles. The number of hydrogen-bond acceptors (Lipinski definition) is 7. The first kappa shape index (κ1) is 23.3. The van der Waals surface area contributed by atoms with Crippen molar-refractivity contribution in [1.82, 2.24) is 0 Å². The number of carbonyl (C=O) groups is 5. The summed E-state index contributed by atoms with van der Waals surface area (Å²) in [7, 11) is 0. The predicted molar refractivity (Wildman–Crippen MR) is 83.2 cm³/mol. The van der Waals surface area contributed by atoms with Crippen LogP contribution in [0.15, 0.2) is 0 Å². The monoisotopic (exact) mass is 378 g/mol. The third-order valence-corrected chi connectivity index (χ3v) is 4.35. The topological polar surface area (TPSA) is 239 Å². The second-order valence-electron chi connectivity index (χ2n) is 6.02. The Labute approximate surface area is 147 Å². The first-order chi connectivity index (χ1) is 11.8. The van der Waals surface area contributed by atoms with E-state index in [0.29, 0.717) is 0 Å². The molecule has 0 aliphatic rings. The fourth-order valence-electron chi connectivity index (χ4n) is 3.26. The molecule has 0 bridgehead atoms. The van der Waals surface area contributed by atoms with E-state index in [4.69, 9.17) is 21.7 Å². The first-order valence-corrected chi connectivity index (χ1v) is 7.42. The standard InChI is InChI=1S/C14H22N2O10/c15-2-1-7(3-8(17)18)13(4-9(19)20,5-10(21)22)14(16,12(25)26)6-11(23)24/h7H,1-6,15-16H2,(H,17,18)(H,19,20)(H,21,22)(H,23,24)(H,25,26). The third-order valence-electron chi connectivity index (χ3n) is 4.35. The Hall–Kier alpha value is -2.73. The summed E-state index contributed by atoms with van der Waals surface area (Å²) in [5.41, 5.74) is 5.91. The first-order valence-electron chi connectivity index (χ1n) is 7.42. The van der Waals surface area contributed by atoms with E-state index in [2.05, 4.69) is 0 Å². The van der Waals surface area contributed by atoms with E-state index in [1.54, 1.807) is 0 Å². The van der Waals surface area contributed by atoms with E-state index in [-0.39, 0.29) is 13.0 Å². The van der Waals surface area contributed by atoms with Gasteiger partial charge in [0.15, 0.2) is 0 Å². The minimum Gasteiger partial charge on any atom is -0.481 e. The lowest BCUT2D eigenvalue weighted by Gasteiger charge is -2.48. The molecule has 12 nitrogen and oxygen atoms in total. The second-order valence-corrected chi connectivity index (χ2v) is 6.02. The van der Waals surface area contributed by atoms with Crippen molar-refractivity contribution in [1.29, 1.82) is 0 Å². The molecule has 0 aromatic carbocycles. The van der Waals surface area contributed by atoms with Gasteiger partial charge in [-0.1, -0.05) is 0 Å². The van der Waals surface area contributed by atoms with Crippen LogP contribution in [0, 0.1) is 11.3 Å². The molecule has 12 heteroatoms. The van der Waals surface area contributed by atoms with Gasteiger partial charge in [-0.25, -0.2) is 0 Å². The quantitative estimate of drug-likeness (QED) is 0.196. The highest BCUT2D eigenvalue weighted by molar-refractivity contribution is 5.88. The lowest BCUT2D eigenvalue weighted by Crippen LogP contribution is -2.66. The molecule has 0 fully saturated rings. The summed E-state index contributed by atoms with van der Waals surface area (Å²) >= 11 is 0. The van der Waals surface area contributed by atoms with Crippen molar-refractivity contribution in [2.24, 2.45) is 22.8 Å². The van der Waals surface area contributed by atoms with Crippen molar-refractivity contribution in [2.75, 3.05) is 6.54 Å². The van der Waals surface area contributed by atoms with E-state index in [9.17, 15) is 39.3 Å².